The Morgan fingerprint density at radius 3 is 2.54 bits per heavy atom. The van der Waals surface area contributed by atoms with Gasteiger partial charge in [-0.3, -0.25) is 5.43 Å². The second-order valence-electron chi connectivity index (χ2n) is 5.88. The molecular weight excluding hydrogens is 440 g/mol. The summed E-state index contributed by atoms with van der Waals surface area (Å²) in [6, 6.07) is 21.2. The Kier molecular flexibility index (Phi) is 7.34. The van der Waals surface area contributed by atoms with Gasteiger partial charge in [0, 0.05) is 10.6 Å². The van der Waals surface area contributed by atoms with Crippen molar-refractivity contribution in [1.29, 1.82) is 0 Å². The molecule has 3 aromatic rings. The maximum atomic E-state index is 6.22. The Hall–Kier alpha value is -2.50. The molecule has 0 aliphatic rings. The molecule has 0 spiro atoms. The molecule has 0 heterocycles. The molecule has 0 radical (unpaired) electrons. The van der Waals surface area contributed by atoms with Crippen LogP contribution in [0, 0.1) is 0 Å². The number of halogens is 2. The summed E-state index contributed by atoms with van der Waals surface area (Å²) in [7, 11) is 0. The van der Waals surface area contributed by atoms with Crippen molar-refractivity contribution in [1.82, 2.24) is 0 Å². The lowest BCUT2D eigenvalue weighted by atomic mass is 10.2. The minimum Gasteiger partial charge on any atom is -0.490 e. The van der Waals surface area contributed by atoms with E-state index in [4.69, 9.17) is 21.1 Å². The Morgan fingerprint density at radius 2 is 1.79 bits per heavy atom. The van der Waals surface area contributed by atoms with Crippen molar-refractivity contribution in [2.75, 3.05) is 12.0 Å². The van der Waals surface area contributed by atoms with Crippen LogP contribution in [0.4, 0.5) is 5.69 Å². The van der Waals surface area contributed by atoms with Crippen molar-refractivity contribution in [2.24, 2.45) is 5.10 Å². The number of ether oxygens (including phenoxy) is 2. The molecule has 1 N–H and O–H groups in total. The van der Waals surface area contributed by atoms with Gasteiger partial charge in [0.05, 0.1) is 23.0 Å². The first kappa shape index (κ1) is 20.2. The SMILES string of the molecule is CCOc1cc(/C=N\Nc2ccccc2)cc(Br)c1OCc1ccccc1Cl. The third-order valence-electron chi connectivity index (χ3n) is 3.84. The molecule has 0 amide bonds. The summed E-state index contributed by atoms with van der Waals surface area (Å²) in [5, 5.41) is 4.95. The van der Waals surface area contributed by atoms with Gasteiger partial charge in [-0.1, -0.05) is 48.0 Å². The molecule has 0 saturated carbocycles. The van der Waals surface area contributed by atoms with Gasteiger partial charge in [0.15, 0.2) is 11.5 Å². The van der Waals surface area contributed by atoms with E-state index in [1.165, 1.54) is 0 Å². The lowest BCUT2D eigenvalue weighted by Crippen LogP contribution is -2.02. The summed E-state index contributed by atoms with van der Waals surface area (Å²) < 4.78 is 12.6. The number of rotatable bonds is 8. The van der Waals surface area contributed by atoms with Gasteiger partial charge in [-0.2, -0.15) is 5.10 Å². The highest BCUT2D eigenvalue weighted by Gasteiger charge is 2.13. The van der Waals surface area contributed by atoms with E-state index in [1.807, 2.05) is 73.7 Å². The molecule has 0 bridgehead atoms. The van der Waals surface area contributed by atoms with Crippen molar-refractivity contribution in [2.45, 2.75) is 13.5 Å². The fourth-order valence-corrected chi connectivity index (χ4v) is 3.29. The maximum Gasteiger partial charge on any atom is 0.175 e. The number of hydrogen-bond donors (Lipinski definition) is 1. The predicted molar refractivity (Wildman–Crippen MR) is 119 cm³/mol. The van der Waals surface area contributed by atoms with Crippen LogP contribution in [0.3, 0.4) is 0 Å². The van der Waals surface area contributed by atoms with Crippen LogP contribution in [0.2, 0.25) is 5.02 Å². The van der Waals surface area contributed by atoms with Crippen molar-refractivity contribution >= 4 is 39.4 Å². The van der Waals surface area contributed by atoms with E-state index in [2.05, 4.69) is 26.5 Å². The van der Waals surface area contributed by atoms with Gasteiger partial charge in [0.1, 0.15) is 6.61 Å². The van der Waals surface area contributed by atoms with Gasteiger partial charge in [0.2, 0.25) is 0 Å². The van der Waals surface area contributed by atoms with Crippen LogP contribution >= 0.6 is 27.5 Å². The molecule has 4 nitrogen and oxygen atoms in total. The quantitative estimate of drug-likeness (QED) is 0.308. The molecule has 144 valence electrons. The van der Waals surface area contributed by atoms with E-state index < -0.39 is 0 Å². The van der Waals surface area contributed by atoms with Crippen molar-refractivity contribution in [3.8, 4) is 11.5 Å². The maximum absolute atomic E-state index is 6.22. The van der Waals surface area contributed by atoms with E-state index >= 15 is 0 Å². The smallest absolute Gasteiger partial charge is 0.175 e. The summed E-state index contributed by atoms with van der Waals surface area (Å²) >= 11 is 9.79. The lowest BCUT2D eigenvalue weighted by Gasteiger charge is -2.15. The Labute approximate surface area is 178 Å². The molecule has 0 fully saturated rings. The number of hydrogen-bond acceptors (Lipinski definition) is 4. The van der Waals surface area contributed by atoms with E-state index in [1.54, 1.807) is 6.21 Å². The van der Waals surface area contributed by atoms with Crippen LogP contribution in [0.5, 0.6) is 11.5 Å². The molecule has 0 atom stereocenters. The summed E-state index contributed by atoms with van der Waals surface area (Å²) in [6.45, 7) is 2.81. The normalized spacial score (nSPS) is 10.8. The molecule has 6 heteroatoms. The summed E-state index contributed by atoms with van der Waals surface area (Å²) in [4.78, 5) is 0. The first-order valence-corrected chi connectivity index (χ1v) is 10.0. The van der Waals surface area contributed by atoms with Crippen LogP contribution < -0.4 is 14.9 Å². The zero-order valence-electron chi connectivity index (χ0n) is 15.4. The molecule has 0 aromatic heterocycles. The summed E-state index contributed by atoms with van der Waals surface area (Å²) in [6.07, 6.45) is 1.73. The first-order valence-electron chi connectivity index (χ1n) is 8.84. The van der Waals surface area contributed by atoms with Crippen LogP contribution in [0.1, 0.15) is 18.1 Å². The molecule has 3 rings (SSSR count). The first-order chi connectivity index (χ1) is 13.7. The predicted octanol–water partition coefficient (Wildman–Crippen LogP) is 6.53. The average molecular weight is 460 g/mol. The van der Waals surface area contributed by atoms with E-state index in [-0.39, 0.29) is 0 Å². The van der Waals surface area contributed by atoms with Gasteiger partial charge in [-0.05, 0) is 58.7 Å². The number of benzene rings is 3. The molecule has 0 aliphatic heterocycles. The number of anilines is 1. The largest absolute Gasteiger partial charge is 0.490 e. The molecule has 3 aromatic carbocycles. The Morgan fingerprint density at radius 1 is 1.04 bits per heavy atom. The molecular formula is C22H20BrClN2O2. The van der Waals surface area contributed by atoms with Crippen molar-refractivity contribution < 1.29 is 9.47 Å². The number of hydrazone groups is 1. The van der Waals surface area contributed by atoms with E-state index in [9.17, 15) is 0 Å². The third-order valence-corrected chi connectivity index (χ3v) is 4.80. The second kappa shape index (κ2) is 10.2. The van der Waals surface area contributed by atoms with Crippen LogP contribution in [0.15, 0.2) is 76.3 Å². The topological polar surface area (TPSA) is 42.8 Å². The van der Waals surface area contributed by atoms with Gasteiger partial charge in [0.25, 0.3) is 0 Å². The van der Waals surface area contributed by atoms with Gasteiger partial charge >= 0.3 is 0 Å². The van der Waals surface area contributed by atoms with Gasteiger partial charge < -0.3 is 9.47 Å². The van der Waals surface area contributed by atoms with Gasteiger partial charge in [-0.25, -0.2) is 0 Å². The third kappa shape index (κ3) is 5.50. The van der Waals surface area contributed by atoms with Gasteiger partial charge in [-0.15, -0.1) is 0 Å². The second-order valence-corrected chi connectivity index (χ2v) is 7.14. The van der Waals surface area contributed by atoms with Crippen LogP contribution in [-0.4, -0.2) is 12.8 Å². The van der Waals surface area contributed by atoms with Crippen LogP contribution in [-0.2, 0) is 6.61 Å². The highest BCUT2D eigenvalue weighted by atomic mass is 79.9. The average Bonchev–Trinajstić information content (AvgIpc) is 2.70. The van der Waals surface area contributed by atoms with Crippen LogP contribution in [0.25, 0.3) is 0 Å². The zero-order chi connectivity index (χ0) is 19.8. The lowest BCUT2D eigenvalue weighted by molar-refractivity contribution is 0.267. The summed E-state index contributed by atoms with van der Waals surface area (Å²) in [5.41, 5.74) is 5.71. The zero-order valence-corrected chi connectivity index (χ0v) is 17.7. The number of para-hydroxylation sites is 1. The standard InChI is InChI=1S/C22H20BrClN2O2/c1-2-27-21-13-16(14-25-26-18-9-4-3-5-10-18)12-19(23)22(21)28-15-17-8-6-7-11-20(17)24/h3-14,26H,2,15H2,1H3/b25-14-. The fraction of sp³-hybridized carbons (Fsp3) is 0.136. The minimum atomic E-state index is 0.349. The Bertz CT molecular complexity index is 949. The highest BCUT2D eigenvalue weighted by molar-refractivity contribution is 9.10. The monoisotopic (exact) mass is 458 g/mol. The fourth-order valence-electron chi connectivity index (χ4n) is 2.52. The minimum absolute atomic E-state index is 0.349. The highest BCUT2D eigenvalue weighted by Crippen LogP contribution is 2.37. The number of nitrogens with zero attached hydrogens (tertiary/aromatic N) is 1. The van der Waals surface area contributed by atoms with E-state index in [0.29, 0.717) is 29.7 Å². The van der Waals surface area contributed by atoms with Crippen molar-refractivity contribution in [3.63, 3.8) is 0 Å². The van der Waals surface area contributed by atoms with Crippen molar-refractivity contribution in [3.05, 3.63) is 87.4 Å². The number of nitrogens with one attached hydrogen (secondary N) is 1. The Balaban J connectivity index is 1.76. The molecule has 0 unspecified atom stereocenters. The molecule has 0 aliphatic carbocycles. The summed E-state index contributed by atoms with van der Waals surface area (Å²) in [5.74, 6) is 1.28. The molecule has 0 saturated heterocycles. The molecule has 28 heavy (non-hydrogen) atoms. The van der Waals surface area contributed by atoms with E-state index in [0.717, 1.165) is 21.3 Å².